The average Bonchev–Trinajstić information content (AvgIpc) is 4.16. The Morgan fingerprint density at radius 2 is 1.24 bits per heavy atom. The van der Waals surface area contributed by atoms with Crippen LogP contribution in [-0.4, -0.2) is 75.3 Å². The fourth-order valence-corrected chi connectivity index (χ4v) is 7.33. The van der Waals surface area contributed by atoms with Crippen molar-refractivity contribution in [3.05, 3.63) is 138 Å². The zero-order valence-electron chi connectivity index (χ0n) is 36.2. The van der Waals surface area contributed by atoms with Gasteiger partial charge in [-0.15, -0.1) is 0 Å². The van der Waals surface area contributed by atoms with Crippen molar-refractivity contribution >= 4 is 61.1 Å². The lowest BCUT2D eigenvalue weighted by atomic mass is 10.0. The number of hydrogen-bond acceptors (Lipinski definition) is 11. The SMILES string of the molecule is COCCNC(=O)c1cccc2c(F)c(Oc3ccnc4cc(OC)c(OC)cc34)ccc12.COc1cc2nc(Oc3ccc4c(C(=O)NC5CC5)cccc4c3F)ccc2cc1C(N)=O. The second kappa shape index (κ2) is 19.3. The van der Waals surface area contributed by atoms with E-state index < -0.39 is 17.5 Å². The van der Waals surface area contributed by atoms with Crippen molar-refractivity contribution in [3.8, 4) is 40.4 Å². The fourth-order valence-electron chi connectivity index (χ4n) is 7.33. The predicted octanol–water partition coefficient (Wildman–Crippen LogP) is 9.03. The molecule has 1 aliphatic carbocycles. The van der Waals surface area contributed by atoms with Crippen molar-refractivity contribution < 1.29 is 51.6 Å². The number of fused-ring (bicyclic) bond motifs is 4. The maximum Gasteiger partial charge on any atom is 0.252 e. The number of hydrogen-bond donors (Lipinski definition) is 3. The van der Waals surface area contributed by atoms with Gasteiger partial charge in [0.15, 0.2) is 34.6 Å². The molecule has 0 unspecified atom stereocenters. The summed E-state index contributed by atoms with van der Waals surface area (Å²) in [6, 6.07) is 27.9. The monoisotopic (exact) mass is 895 g/mol. The van der Waals surface area contributed by atoms with Gasteiger partial charge in [-0.1, -0.05) is 24.3 Å². The van der Waals surface area contributed by atoms with Gasteiger partial charge in [0.1, 0.15) is 11.5 Å². The molecule has 0 spiro atoms. The summed E-state index contributed by atoms with van der Waals surface area (Å²) in [6.07, 6.45) is 3.51. The molecule has 14 nitrogen and oxygen atoms in total. The number of carbonyl (C=O) groups excluding carboxylic acids is 3. The van der Waals surface area contributed by atoms with E-state index in [1.54, 1.807) is 111 Å². The normalized spacial score (nSPS) is 12.0. The third kappa shape index (κ3) is 9.25. The zero-order valence-corrected chi connectivity index (χ0v) is 36.2. The molecule has 2 aromatic heterocycles. The van der Waals surface area contributed by atoms with Crippen LogP contribution in [0, 0.1) is 11.6 Å². The Balaban J connectivity index is 0.000000179. The van der Waals surface area contributed by atoms with Crippen LogP contribution in [0.25, 0.3) is 43.4 Å². The van der Waals surface area contributed by atoms with E-state index in [1.165, 1.54) is 26.4 Å². The van der Waals surface area contributed by atoms with Gasteiger partial charge in [-0.3, -0.25) is 19.4 Å². The molecule has 336 valence electrons. The lowest BCUT2D eigenvalue weighted by Gasteiger charge is -2.14. The summed E-state index contributed by atoms with van der Waals surface area (Å²) in [5.74, 6) is -0.369. The minimum absolute atomic E-state index is 0.0187. The highest BCUT2D eigenvalue weighted by molar-refractivity contribution is 6.08. The molecule has 9 rings (SSSR count). The van der Waals surface area contributed by atoms with Crippen molar-refractivity contribution in [2.45, 2.75) is 18.9 Å². The average molecular weight is 896 g/mol. The van der Waals surface area contributed by atoms with Gasteiger partial charge in [-0.2, -0.15) is 0 Å². The van der Waals surface area contributed by atoms with Gasteiger partial charge in [0.05, 0.1) is 44.5 Å². The van der Waals surface area contributed by atoms with E-state index >= 15 is 8.78 Å². The van der Waals surface area contributed by atoms with E-state index in [9.17, 15) is 14.4 Å². The Labute approximate surface area is 376 Å². The van der Waals surface area contributed by atoms with Gasteiger partial charge in [-0.25, -0.2) is 13.8 Å². The van der Waals surface area contributed by atoms with Crippen molar-refractivity contribution in [2.75, 3.05) is 41.6 Å². The highest BCUT2D eigenvalue weighted by Crippen LogP contribution is 2.39. The Morgan fingerprint density at radius 3 is 1.86 bits per heavy atom. The van der Waals surface area contributed by atoms with E-state index in [2.05, 4.69) is 20.6 Å². The summed E-state index contributed by atoms with van der Waals surface area (Å²) in [5.41, 5.74) is 7.54. The molecular formula is C50H43F2N5O9. The molecule has 1 saturated carbocycles. The van der Waals surface area contributed by atoms with Crippen molar-refractivity contribution in [2.24, 2.45) is 5.73 Å². The first-order chi connectivity index (χ1) is 32.0. The number of halogens is 2. The number of nitrogens with zero attached hydrogens (tertiary/aromatic N) is 2. The summed E-state index contributed by atoms with van der Waals surface area (Å²) in [5, 5.41) is 8.55. The number of amides is 3. The first-order valence-corrected chi connectivity index (χ1v) is 20.7. The number of nitrogens with two attached hydrogens (primary N) is 1. The standard InChI is InChI=1S/C25H20FN3O4.C25H23FN2O5/c1-32-21-12-19-13(11-18(21)24(27)30)5-10-22(29-19)33-20-9-8-15-16(23(20)26)3-2-4-17(15)25(31)28-14-6-7-14;1-30-12-11-28-25(29)17-6-4-5-16-15(17)7-8-21(24(16)26)33-20-9-10-27-19-14-23(32-3)22(31-2)13-18(19)20/h2-5,8-12,14H,6-7H2,1H3,(H2,27,30)(H,28,31);4-10,13-14H,11-12H2,1-3H3,(H,28,29). The lowest BCUT2D eigenvalue weighted by molar-refractivity contribution is 0.0935. The van der Waals surface area contributed by atoms with Crippen molar-refractivity contribution in [3.63, 3.8) is 0 Å². The van der Waals surface area contributed by atoms with Crippen LogP contribution < -0.4 is 40.1 Å². The number of aromatic nitrogens is 2. The highest BCUT2D eigenvalue weighted by Gasteiger charge is 2.25. The van der Waals surface area contributed by atoms with E-state index in [-0.39, 0.29) is 57.3 Å². The van der Waals surface area contributed by atoms with Gasteiger partial charge >= 0.3 is 0 Å². The van der Waals surface area contributed by atoms with E-state index in [0.29, 0.717) is 74.1 Å². The van der Waals surface area contributed by atoms with Crippen LogP contribution in [0.2, 0.25) is 0 Å². The van der Waals surface area contributed by atoms with Gasteiger partial charge in [-0.05, 0) is 84.3 Å². The quantitative estimate of drug-likeness (QED) is 0.0886. The molecule has 4 N–H and O–H groups in total. The van der Waals surface area contributed by atoms with Crippen LogP contribution in [0.4, 0.5) is 8.78 Å². The number of ether oxygens (including phenoxy) is 6. The maximum atomic E-state index is 15.4. The van der Waals surface area contributed by atoms with Gasteiger partial charge < -0.3 is 44.8 Å². The molecule has 0 radical (unpaired) electrons. The predicted molar refractivity (Wildman–Crippen MR) is 244 cm³/mol. The van der Waals surface area contributed by atoms with Gasteiger partial charge in [0, 0.05) is 76.8 Å². The minimum atomic E-state index is -0.613. The Bertz CT molecular complexity index is 3180. The Kier molecular flexibility index (Phi) is 13.0. The Hall–Kier alpha value is -8.11. The largest absolute Gasteiger partial charge is 0.496 e. The molecule has 66 heavy (non-hydrogen) atoms. The van der Waals surface area contributed by atoms with Gasteiger partial charge in [0.2, 0.25) is 5.88 Å². The molecule has 8 aromatic rings. The van der Waals surface area contributed by atoms with Crippen LogP contribution >= 0.6 is 0 Å². The number of carbonyl (C=O) groups is 3. The molecule has 0 saturated heterocycles. The smallest absolute Gasteiger partial charge is 0.252 e. The summed E-state index contributed by atoms with van der Waals surface area (Å²) >= 11 is 0. The molecule has 16 heteroatoms. The Morgan fingerprint density at radius 1 is 0.621 bits per heavy atom. The zero-order chi connectivity index (χ0) is 46.5. The van der Waals surface area contributed by atoms with E-state index in [1.807, 2.05) is 0 Å². The molecule has 1 fully saturated rings. The molecular weight excluding hydrogens is 853 g/mol. The number of methoxy groups -OCH3 is 4. The van der Waals surface area contributed by atoms with E-state index in [4.69, 9.17) is 34.2 Å². The first kappa shape index (κ1) is 44.5. The lowest BCUT2D eigenvalue weighted by Crippen LogP contribution is -2.27. The third-order valence-electron chi connectivity index (χ3n) is 10.8. The number of nitrogens with one attached hydrogen (secondary N) is 2. The number of rotatable bonds is 14. The molecule has 3 amide bonds. The first-order valence-electron chi connectivity index (χ1n) is 20.7. The summed E-state index contributed by atoms with van der Waals surface area (Å²) in [4.78, 5) is 45.4. The molecule has 0 aliphatic heterocycles. The summed E-state index contributed by atoms with van der Waals surface area (Å²) in [7, 11) is 6.06. The highest BCUT2D eigenvalue weighted by atomic mass is 19.1. The minimum Gasteiger partial charge on any atom is -0.496 e. The fraction of sp³-hybridized carbons (Fsp3) is 0.180. The maximum absolute atomic E-state index is 15.4. The third-order valence-corrected chi connectivity index (χ3v) is 10.8. The summed E-state index contributed by atoms with van der Waals surface area (Å²) < 4.78 is 63.3. The second-order valence-electron chi connectivity index (χ2n) is 15.0. The van der Waals surface area contributed by atoms with Crippen LogP contribution in [0.1, 0.15) is 43.9 Å². The van der Waals surface area contributed by atoms with Crippen molar-refractivity contribution in [1.82, 2.24) is 20.6 Å². The van der Waals surface area contributed by atoms with Crippen LogP contribution in [0.3, 0.4) is 0 Å². The van der Waals surface area contributed by atoms with Crippen molar-refractivity contribution in [1.29, 1.82) is 0 Å². The molecule has 1 aliphatic rings. The van der Waals surface area contributed by atoms with Crippen LogP contribution in [0.15, 0.2) is 109 Å². The number of benzene rings is 6. The topological polar surface area (TPSA) is 182 Å². The van der Waals surface area contributed by atoms with Crippen LogP contribution in [-0.2, 0) is 4.74 Å². The molecule has 6 aromatic carbocycles. The molecule has 0 bridgehead atoms. The number of primary amides is 1. The van der Waals surface area contributed by atoms with E-state index in [0.717, 1.165) is 12.8 Å². The molecule has 2 heterocycles. The number of pyridine rings is 2. The van der Waals surface area contributed by atoms with Gasteiger partial charge in [0.25, 0.3) is 17.7 Å². The van der Waals surface area contributed by atoms with Crippen LogP contribution in [0.5, 0.6) is 40.4 Å². The molecule has 0 atom stereocenters. The second-order valence-corrected chi connectivity index (χ2v) is 15.0. The summed E-state index contributed by atoms with van der Waals surface area (Å²) in [6.45, 7) is 0.748.